The second-order valence-electron chi connectivity index (χ2n) is 9.44. The van der Waals surface area contributed by atoms with E-state index in [0.29, 0.717) is 35.5 Å². The van der Waals surface area contributed by atoms with Gasteiger partial charge in [-0.1, -0.05) is 46.8 Å². The molecule has 2 aromatic rings. The van der Waals surface area contributed by atoms with Crippen molar-refractivity contribution < 1.29 is 30.7 Å². The molecule has 0 aromatic heterocycles. The molecule has 0 radical (unpaired) electrons. The first kappa shape index (κ1) is 27.3. The molecule has 3 atom stereocenters. The summed E-state index contributed by atoms with van der Waals surface area (Å²) < 4.78 is 70.2. The molecule has 2 rings (SSSR count). The number of rotatable bonds is 11. The Morgan fingerprint density at radius 2 is 1.33 bits per heavy atom. The predicted molar refractivity (Wildman–Crippen MR) is 128 cm³/mol. The zero-order valence-electron chi connectivity index (χ0n) is 19.7. The minimum Gasteiger partial charge on any atom is -0.456 e. The maximum Gasteiger partial charge on any atom is 0.298 e. The lowest BCUT2D eigenvalue weighted by molar-refractivity contribution is 0.333. The molecule has 33 heavy (non-hydrogen) atoms. The predicted octanol–water partition coefficient (Wildman–Crippen LogP) is 6.17. The molecule has 0 bridgehead atoms. The van der Waals surface area contributed by atoms with Crippen molar-refractivity contribution in [1.82, 2.24) is 0 Å². The summed E-state index contributed by atoms with van der Waals surface area (Å²) in [6.07, 6.45) is 3.45. The molecule has 0 aliphatic carbocycles. The molecule has 2 aromatic carbocycles. The highest BCUT2D eigenvalue weighted by Crippen LogP contribution is 2.33. The van der Waals surface area contributed by atoms with E-state index in [-0.39, 0.29) is 5.75 Å². The Balaban J connectivity index is 2.13. The van der Waals surface area contributed by atoms with Crippen molar-refractivity contribution in [3.05, 3.63) is 48.0 Å². The van der Waals surface area contributed by atoms with Gasteiger partial charge in [-0.05, 0) is 78.8 Å². The van der Waals surface area contributed by atoms with Crippen LogP contribution in [-0.4, -0.2) is 25.9 Å². The SMILES string of the molecule is CC(C)CC(C)CC(C)CC(C)c1ccc(Oc2ccc(S(=O)(=O)O)cc2S(=O)(=O)O)cc1. The molecule has 0 saturated carbocycles. The maximum absolute atomic E-state index is 11.7. The number of hydrogen-bond donors (Lipinski definition) is 2. The van der Waals surface area contributed by atoms with Crippen LogP contribution in [0.1, 0.15) is 65.4 Å². The third kappa shape index (κ3) is 8.41. The Labute approximate surface area is 197 Å². The smallest absolute Gasteiger partial charge is 0.298 e. The molecule has 7 nitrogen and oxygen atoms in total. The van der Waals surface area contributed by atoms with Gasteiger partial charge in [-0.2, -0.15) is 16.8 Å². The van der Waals surface area contributed by atoms with Gasteiger partial charge in [-0.25, -0.2) is 0 Å². The van der Waals surface area contributed by atoms with Crippen LogP contribution in [0.4, 0.5) is 0 Å². The van der Waals surface area contributed by atoms with Crippen molar-refractivity contribution in [1.29, 1.82) is 0 Å². The second-order valence-corrected chi connectivity index (χ2v) is 12.3. The molecule has 184 valence electrons. The topological polar surface area (TPSA) is 118 Å². The van der Waals surface area contributed by atoms with E-state index >= 15 is 0 Å². The van der Waals surface area contributed by atoms with Gasteiger partial charge in [0, 0.05) is 0 Å². The van der Waals surface area contributed by atoms with Crippen LogP contribution >= 0.6 is 0 Å². The van der Waals surface area contributed by atoms with Crippen molar-refractivity contribution in [3.8, 4) is 11.5 Å². The van der Waals surface area contributed by atoms with Crippen LogP contribution in [0.15, 0.2) is 52.3 Å². The summed E-state index contributed by atoms with van der Waals surface area (Å²) in [5.74, 6) is 2.38. The maximum atomic E-state index is 11.7. The first-order chi connectivity index (χ1) is 15.2. The lowest BCUT2D eigenvalue weighted by Crippen LogP contribution is -2.09. The van der Waals surface area contributed by atoms with E-state index in [1.54, 1.807) is 12.1 Å². The average Bonchev–Trinajstić information content (AvgIpc) is 2.66. The van der Waals surface area contributed by atoms with E-state index in [4.69, 9.17) is 9.29 Å². The summed E-state index contributed by atoms with van der Waals surface area (Å²) in [6, 6.07) is 9.93. The zero-order chi connectivity index (χ0) is 25.0. The quantitative estimate of drug-likeness (QED) is 0.355. The fraction of sp³-hybridized carbons (Fsp3) is 0.500. The molecule has 0 aliphatic heterocycles. The molecule has 2 N–H and O–H groups in total. The molecule has 0 spiro atoms. The van der Waals surface area contributed by atoms with Gasteiger partial charge in [0.05, 0.1) is 4.90 Å². The monoisotopic (exact) mass is 498 g/mol. The van der Waals surface area contributed by atoms with Crippen LogP contribution in [0.5, 0.6) is 11.5 Å². The summed E-state index contributed by atoms with van der Waals surface area (Å²) in [5.41, 5.74) is 1.13. The van der Waals surface area contributed by atoms with Crippen molar-refractivity contribution in [2.45, 2.75) is 69.6 Å². The number of hydrogen-bond acceptors (Lipinski definition) is 5. The second kappa shape index (κ2) is 11.0. The number of benzene rings is 2. The molecule has 3 unspecified atom stereocenters. The summed E-state index contributed by atoms with van der Waals surface area (Å²) in [5, 5.41) is 0. The third-order valence-electron chi connectivity index (χ3n) is 5.60. The lowest BCUT2D eigenvalue weighted by Gasteiger charge is -2.22. The van der Waals surface area contributed by atoms with Crippen LogP contribution in [0, 0.1) is 17.8 Å². The Morgan fingerprint density at radius 3 is 1.85 bits per heavy atom. The van der Waals surface area contributed by atoms with E-state index in [9.17, 15) is 21.4 Å². The van der Waals surface area contributed by atoms with Gasteiger partial charge in [0.1, 0.15) is 16.4 Å². The van der Waals surface area contributed by atoms with E-state index < -0.39 is 30.0 Å². The largest absolute Gasteiger partial charge is 0.456 e. The average molecular weight is 499 g/mol. The van der Waals surface area contributed by atoms with E-state index in [2.05, 4.69) is 34.6 Å². The molecule has 0 amide bonds. The van der Waals surface area contributed by atoms with Gasteiger partial charge in [-0.15, -0.1) is 0 Å². The fourth-order valence-corrected chi connectivity index (χ4v) is 5.57. The molecule has 0 saturated heterocycles. The molecule has 0 fully saturated rings. The summed E-state index contributed by atoms with van der Waals surface area (Å²) in [7, 11) is -9.44. The van der Waals surface area contributed by atoms with Crippen LogP contribution in [0.2, 0.25) is 0 Å². The van der Waals surface area contributed by atoms with Crippen LogP contribution in [0.3, 0.4) is 0 Å². The Hall–Kier alpha value is -1.94. The van der Waals surface area contributed by atoms with Crippen molar-refractivity contribution in [2.75, 3.05) is 0 Å². The van der Waals surface area contributed by atoms with Gasteiger partial charge in [-0.3, -0.25) is 9.11 Å². The number of ether oxygens (including phenoxy) is 1. The molecule has 9 heteroatoms. The van der Waals surface area contributed by atoms with E-state index in [0.717, 1.165) is 24.1 Å². The van der Waals surface area contributed by atoms with Gasteiger partial charge in [0.15, 0.2) is 0 Å². The first-order valence-corrected chi connectivity index (χ1v) is 13.9. The van der Waals surface area contributed by atoms with Gasteiger partial charge >= 0.3 is 0 Å². The Kier molecular flexibility index (Phi) is 9.09. The Bertz CT molecular complexity index is 1140. The first-order valence-electron chi connectivity index (χ1n) is 11.0. The van der Waals surface area contributed by atoms with E-state index in [1.807, 2.05) is 12.1 Å². The van der Waals surface area contributed by atoms with Crippen LogP contribution < -0.4 is 4.74 Å². The standard InChI is InChI=1S/C24H34O7S2/c1-16(2)12-17(3)13-18(4)14-19(5)20-6-8-21(9-7-20)31-23-11-10-22(32(25,26)27)15-24(23)33(28,29)30/h6-11,15-19H,12-14H2,1-5H3,(H,25,26,27)(H,28,29,30). The Morgan fingerprint density at radius 1 is 0.758 bits per heavy atom. The molecular formula is C24H34O7S2. The van der Waals surface area contributed by atoms with Gasteiger partial charge in [0.2, 0.25) is 0 Å². The fourth-order valence-electron chi connectivity index (χ4n) is 4.35. The van der Waals surface area contributed by atoms with E-state index in [1.165, 1.54) is 12.8 Å². The summed E-state index contributed by atoms with van der Waals surface area (Å²) in [4.78, 5) is -1.41. The molecular weight excluding hydrogens is 464 g/mol. The highest BCUT2D eigenvalue weighted by molar-refractivity contribution is 7.86. The summed E-state index contributed by atoms with van der Waals surface area (Å²) >= 11 is 0. The minimum atomic E-state index is -4.79. The van der Waals surface area contributed by atoms with Crippen molar-refractivity contribution in [3.63, 3.8) is 0 Å². The minimum absolute atomic E-state index is 0.251. The lowest BCUT2D eigenvalue weighted by atomic mass is 9.84. The molecule has 0 heterocycles. The normalized spacial score (nSPS) is 15.3. The van der Waals surface area contributed by atoms with Crippen molar-refractivity contribution >= 4 is 20.2 Å². The highest BCUT2D eigenvalue weighted by atomic mass is 32.2. The third-order valence-corrected chi connectivity index (χ3v) is 7.33. The van der Waals surface area contributed by atoms with Crippen LogP contribution in [0.25, 0.3) is 0 Å². The van der Waals surface area contributed by atoms with Crippen LogP contribution in [-0.2, 0) is 20.2 Å². The molecule has 0 aliphatic rings. The summed E-state index contributed by atoms with van der Waals surface area (Å²) in [6.45, 7) is 11.2. The van der Waals surface area contributed by atoms with Crippen molar-refractivity contribution in [2.24, 2.45) is 17.8 Å². The van der Waals surface area contributed by atoms with Gasteiger partial charge < -0.3 is 4.74 Å². The van der Waals surface area contributed by atoms with Gasteiger partial charge in [0.25, 0.3) is 20.2 Å². The zero-order valence-corrected chi connectivity index (χ0v) is 21.4. The highest BCUT2D eigenvalue weighted by Gasteiger charge is 2.22.